The average Bonchev–Trinajstić information content (AvgIpc) is 3.45. The minimum Gasteiger partial charge on any atom is -0.496 e. The van der Waals surface area contributed by atoms with E-state index in [-0.39, 0.29) is 17.1 Å². The maximum atomic E-state index is 13.5. The lowest BCUT2D eigenvalue weighted by molar-refractivity contribution is -0.119. The molecule has 2 aliphatic heterocycles. The van der Waals surface area contributed by atoms with E-state index in [2.05, 4.69) is 5.32 Å². The molecule has 2 amide bonds. The van der Waals surface area contributed by atoms with Crippen LogP contribution >= 0.6 is 23.4 Å². The first-order valence-corrected chi connectivity index (χ1v) is 11.7. The Hall–Kier alpha value is -2.90. The molecule has 3 aromatic rings. The molecule has 2 aliphatic rings. The van der Waals surface area contributed by atoms with Crippen LogP contribution < -0.4 is 10.1 Å². The number of ether oxygens (including phenoxy) is 1. The Balaban J connectivity index is 1.45. The number of halogens is 1. The fraction of sp³-hybridized carbons (Fsp3) is 0.250. The summed E-state index contributed by atoms with van der Waals surface area (Å²) in [5.74, 6) is 1.88. The van der Waals surface area contributed by atoms with E-state index in [1.165, 1.54) is 0 Å². The second-order valence-corrected chi connectivity index (χ2v) is 9.42. The number of rotatable bonds is 5. The van der Waals surface area contributed by atoms with Gasteiger partial charge in [0.2, 0.25) is 5.91 Å². The van der Waals surface area contributed by atoms with Crippen molar-refractivity contribution >= 4 is 40.9 Å². The Morgan fingerprint density at radius 3 is 2.84 bits per heavy atom. The van der Waals surface area contributed by atoms with Crippen LogP contribution in [0.2, 0.25) is 5.02 Å². The summed E-state index contributed by atoms with van der Waals surface area (Å²) in [6.07, 6.45) is 2.40. The van der Waals surface area contributed by atoms with E-state index < -0.39 is 6.04 Å². The molecule has 2 aromatic carbocycles. The maximum absolute atomic E-state index is 13.5. The van der Waals surface area contributed by atoms with Gasteiger partial charge in [-0.1, -0.05) is 17.7 Å². The number of fused-ring (bicyclic) bond motifs is 2. The first-order chi connectivity index (χ1) is 15.5. The van der Waals surface area contributed by atoms with Crippen LogP contribution in [0.5, 0.6) is 5.75 Å². The molecule has 1 fully saturated rings. The van der Waals surface area contributed by atoms with Crippen molar-refractivity contribution in [1.29, 1.82) is 0 Å². The molecule has 1 saturated heterocycles. The van der Waals surface area contributed by atoms with Crippen LogP contribution in [0.15, 0.2) is 59.2 Å². The Kier molecular flexibility index (Phi) is 5.61. The molecule has 5 rings (SSSR count). The van der Waals surface area contributed by atoms with Gasteiger partial charge < -0.3 is 19.4 Å². The number of benzene rings is 2. The predicted molar refractivity (Wildman–Crippen MR) is 125 cm³/mol. The second kappa shape index (κ2) is 8.56. The van der Waals surface area contributed by atoms with E-state index >= 15 is 0 Å². The number of methoxy groups -OCH3 is 1. The zero-order valence-electron chi connectivity index (χ0n) is 17.3. The van der Waals surface area contributed by atoms with Gasteiger partial charge in [0, 0.05) is 22.4 Å². The summed E-state index contributed by atoms with van der Waals surface area (Å²) in [5.41, 5.74) is 2.58. The number of nitrogens with one attached hydrogen (secondary N) is 1. The molecule has 2 unspecified atom stereocenters. The molecule has 0 aliphatic carbocycles. The molecular weight excluding hydrogens is 448 g/mol. The minimum atomic E-state index is -0.515. The fourth-order valence-electron chi connectivity index (χ4n) is 4.33. The van der Waals surface area contributed by atoms with Gasteiger partial charge in [-0.3, -0.25) is 9.59 Å². The van der Waals surface area contributed by atoms with Crippen LogP contribution in [-0.2, 0) is 10.5 Å². The number of hydrogen-bond acceptors (Lipinski definition) is 5. The van der Waals surface area contributed by atoms with Gasteiger partial charge in [0.25, 0.3) is 5.91 Å². The smallest absolute Gasteiger partial charge is 0.256 e. The van der Waals surface area contributed by atoms with Crippen molar-refractivity contribution < 1.29 is 18.7 Å². The second-order valence-electron chi connectivity index (χ2n) is 7.76. The number of carbonyl (C=O) groups is 2. The van der Waals surface area contributed by atoms with Crippen molar-refractivity contribution in [3.05, 3.63) is 71.1 Å². The van der Waals surface area contributed by atoms with Crippen molar-refractivity contribution in [1.82, 2.24) is 4.90 Å². The Bertz CT molecular complexity index is 1180. The minimum absolute atomic E-state index is 0.00542. The van der Waals surface area contributed by atoms with Gasteiger partial charge in [-0.15, -0.1) is 11.8 Å². The quantitative estimate of drug-likeness (QED) is 0.565. The Morgan fingerprint density at radius 2 is 2.06 bits per heavy atom. The lowest BCUT2D eigenvalue weighted by atomic mass is 10.0. The van der Waals surface area contributed by atoms with E-state index in [1.807, 2.05) is 24.3 Å². The summed E-state index contributed by atoms with van der Waals surface area (Å²) in [7, 11) is 1.59. The molecule has 32 heavy (non-hydrogen) atoms. The maximum Gasteiger partial charge on any atom is 0.256 e. The van der Waals surface area contributed by atoms with Crippen LogP contribution in [0, 0.1) is 0 Å². The molecule has 1 N–H and O–H groups in total. The third-order valence-corrected chi connectivity index (χ3v) is 7.48. The highest BCUT2D eigenvalue weighted by Crippen LogP contribution is 2.39. The number of amides is 2. The van der Waals surface area contributed by atoms with Gasteiger partial charge >= 0.3 is 0 Å². The third-order valence-electron chi connectivity index (χ3n) is 5.87. The fourth-order valence-corrected chi connectivity index (χ4v) is 5.77. The first-order valence-electron chi connectivity index (χ1n) is 10.3. The lowest BCUT2D eigenvalue weighted by Crippen LogP contribution is -2.44. The third kappa shape index (κ3) is 3.76. The molecule has 0 saturated carbocycles. The summed E-state index contributed by atoms with van der Waals surface area (Å²) in [5, 5.41) is 3.55. The molecule has 6 nitrogen and oxygen atoms in total. The van der Waals surface area contributed by atoms with Gasteiger partial charge in [0.15, 0.2) is 0 Å². The van der Waals surface area contributed by atoms with Gasteiger partial charge in [-0.05, 0) is 54.4 Å². The Labute approximate surface area is 194 Å². The van der Waals surface area contributed by atoms with Crippen LogP contribution in [0.1, 0.15) is 22.5 Å². The topological polar surface area (TPSA) is 71.8 Å². The van der Waals surface area contributed by atoms with Crippen LogP contribution in [0.4, 0.5) is 5.69 Å². The number of thioether (sulfide) groups is 1. The molecule has 1 aromatic heterocycles. The van der Waals surface area contributed by atoms with Gasteiger partial charge in [-0.25, -0.2) is 0 Å². The number of carbonyl (C=O) groups excluding carboxylic acids is 2. The summed E-state index contributed by atoms with van der Waals surface area (Å²) >= 11 is 7.85. The van der Waals surface area contributed by atoms with E-state index in [0.717, 1.165) is 23.3 Å². The van der Waals surface area contributed by atoms with E-state index in [1.54, 1.807) is 54.3 Å². The lowest BCUT2D eigenvalue weighted by Gasteiger charge is -2.24. The largest absolute Gasteiger partial charge is 0.496 e. The number of furan rings is 1. The molecule has 0 bridgehead atoms. The van der Waals surface area contributed by atoms with Crippen LogP contribution in [0.25, 0.3) is 11.1 Å². The van der Waals surface area contributed by atoms with E-state index in [4.69, 9.17) is 20.8 Å². The Morgan fingerprint density at radius 1 is 1.19 bits per heavy atom. The average molecular weight is 469 g/mol. The number of hydrogen-bond donors (Lipinski definition) is 1. The zero-order chi connectivity index (χ0) is 22.2. The van der Waals surface area contributed by atoms with Gasteiger partial charge in [-0.2, -0.15) is 0 Å². The molecule has 2 atom stereocenters. The van der Waals surface area contributed by atoms with Crippen molar-refractivity contribution in [2.75, 3.05) is 19.0 Å². The first kappa shape index (κ1) is 21.0. The highest BCUT2D eigenvalue weighted by atomic mass is 35.5. The van der Waals surface area contributed by atoms with Crippen molar-refractivity contribution in [3.8, 4) is 16.9 Å². The van der Waals surface area contributed by atoms with Crippen LogP contribution in [0.3, 0.4) is 0 Å². The number of nitrogens with zero attached hydrogens (tertiary/aromatic N) is 1. The molecule has 164 valence electrons. The highest BCUT2D eigenvalue weighted by molar-refractivity contribution is 7.99. The highest BCUT2D eigenvalue weighted by Gasteiger charge is 2.45. The normalized spacial score (nSPS) is 19.9. The SMILES string of the molecule is COc1ccc(Cl)cc1-c1ccc2c(c1)C(=O)N1CCC(SCc3ccco3)C1C(=O)N2. The summed E-state index contributed by atoms with van der Waals surface area (Å²) in [6, 6.07) is 14.0. The zero-order valence-corrected chi connectivity index (χ0v) is 18.9. The van der Waals surface area contributed by atoms with Gasteiger partial charge in [0.05, 0.1) is 30.4 Å². The molecular formula is C24H21ClN2O4S. The standard InChI is InChI=1S/C24H21ClN2O4S/c1-30-20-7-5-15(25)12-17(20)14-4-6-19-18(11-14)24(29)27-9-8-21(22(27)23(28)26-19)32-13-16-3-2-10-31-16/h2-7,10-12,21-22H,8-9,13H2,1H3,(H,26,28). The van der Waals surface area contributed by atoms with Crippen molar-refractivity contribution in [3.63, 3.8) is 0 Å². The predicted octanol–water partition coefficient (Wildman–Crippen LogP) is 5.08. The number of anilines is 1. The molecule has 3 heterocycles. The molecule has 0 spiro atoms. The van der Waals surface area contributed by atoms with Crippen molar-refractivity contribution in [2.24, 2.45) is 0 Å². The summed E-state index contributed by atoms with van der Waals surface area (Å²) in [4.78, 5) is 28.3. The van der Waals surface area contributed by atoms with Crippen LogP contribution in [-0.4, -0.2) is 41.7 Å². The summed E-state index contributed by atoms with van der Waals surface area (Å²) in [6.45, 7) is 0.539. The molecule has 8 heteroatoms. The van der Waals surface area contributed by atoms with E-state index in [9.17, 15) is 9.59 Å². The van der Waals surface area contributed by atoms with Gasteiger partial charge in [0.1, 0.15) is 17.6 Å². The monoisotopic (exact) mass is 468 g/mol. The molecule has 0 radical (unpaired) electrons. The van der Waals surface area contributed by atoms with Crippen molar-refractivity contribution in [2.45, 2.75) is 23.5 Å². The summed E-state index contributed by atoms with van der Waals surface area (Å²) < 4.78 is 10.9. The van der Waals surface area contributed by atoms with E-state index in [0.29, 0.717) is 34.3 Å².